The largest absolute Gasteiger partial charge is 0.434 e. The first kappa shape index (κ1) is 24.4. The molecule has 38 heavy (non-hydrogen) atoms. The summed E-state index contributed by atoms with van der Waals surface area (Å²) < 4.78 is 61.2. The highest BCUT2D eigenvalue weighted by Gasteiger charge is 2.41. The number of rotatable bonds is 4. The zero-order valence-corrected chi connectivity index (χ0v) is 21.2. The second kappa shape index (κ2) is 8.80. The highest BCUT2D eigenvalue weighted by molar-refractivity contribution is 7.69. The Labute approximate surface area is 215 Å². The van der Waals surface area contributed by atoms with Crippen molar-refractivity contribution in [3.8, 4) is 16.9 Å². The summed E-state index contributed by atoms with van der Waals surface area (Å²) in [5, 5.41) is 0. The van der Waals surface area contributed by atoms with Crippen LogP contribution in [0.4, 0.5) is 13.2 Å². The molecule has 0 saturated heterocycles. The first-order valence-corrected chi connectivity index (χ1v) is 14.4. The molecular weight excluding hydrogens is 516 g/mol. The van der Waals surface area contributed by atoms with Gasteiger partial charge in [-0.15, -0.1) is 0 Å². The van der Waals surface area contributed by atoms with Gasteiger partial charge in [0.25, 0.3) is 0 Å². The van der Waals surface area contributed by atoms with Gasteiger partial charge in [-0.2, -0.15) is 8.78 Å². The van der Waals surface area contributed by atoms with Crippen LogP contribution in [0.1, 0.15) is 35.5 Å². The number of hydrogen-bond acceptors (Lipinski definition) is 6. The zero-order chi connectivity index (χ0) is 26.8. The Morgan fingerprint density at radius 2 is 2.03 bits per heavy atom. The van der Waals surface area contributed by atoms with Crippen LogP contribution in [0.3, 0.4) is 0 Å². The Balaban J connectivity index is 1.56. The maximum Gasteiger partial charge on any atom is 0.387 e. The van der Waals surface area contributed by atoms with Crippen molar-refractivity contribution in [2.75, 3.05) is 13.3 Å². The van der Waals surface area contributed by atoms with Crippen LogP contribution in [0.5, 0.6) is 5.75 Å². The van der Waals surface area contributed by atoms with E-state index in [0.29, 0.717) is 45.4 Å². The van der Waals surface area contributed by atoms with Gasteiger partial charge in [0, 0.05) is 40.9 Å². The molecule has 2 bridgehead atoms. The number of aromatic nitrogens is 3. The third-order valence-corrected chi connectivity index (χ3v) is 8.17. The van der Waals surface area contributed by atoms with Crippen molar-refractivity contribution in [2.24, 2.45) is 15.7 Å². The van der Waals surface area contributed by atoms with Crippen LogP contribution < -0.4 is 15.9 Å². The number of hydrogen-bond donors (Lipinski definition) is 1. The Morgan fingerprint density at radius 3 is 2.71 bits per heavy atom. The van der Waals surface area contributed by atoms with E-state index in [9.17, 15) is 13.3 Å². The smallest absolute Gasteiger partial charge is 0.387 e. The van der Waals surface area contributed by atoms with Crippen molar-refractivity contribution >= 4 is 35.8 Å². The number of amidine groups is 1. The molecule has 2 aromatic heterocycles. The van der Waals surface area contributed by atoms with Crippen LogP contribution in [0.15, 0.2) is 58.6 Å². The number of ether oxygens (including phenoxy) is 1. The lowest BCUT2D eigenvalue weighted by atomic mass is 9.96. The summed E-state index contributed by atoms with van der Waals surface area (Å²) in [5.74, 6) is 0.357. The van der Waals surface area contributed by atoms with Crippen LogP contribution in [0, 0.1) is 5.82 Å². The molecule has 2 atom stereocenters. The zero-order valence-electron chi connectivity index (χ0n) is 20.3. The van der Waals surface area contributed by atoms with E-state index in [0.717, 1.165) is 6.34 Å². The molecule has 12 heteroatoms. The molecule has 2 N–H and O–H groups in total. The van der Waals surface area contributed by atoms with Gasteiger partial charge in [0.1, 0.15) is 30.6 Å². The van der Waals surface area contributed by atoms with Crippen molar-refractivity contribution in [1.82, 2.24) is 14.5 Å². The summed E-state index contributed by atoms with van der Waals surface area (Å²) in [5.41, 5.74) is 8.83. The van der Waals surface area contributed by atoms with Crippen molar-refractivity contribution < 1.29 is 22.5 Å². The third-order valence-electron chi connectivity index (χ3n) is 6.80. The minimum absolute atomic E-state index is 0.00320. The number of halogens is 3. The number of fused-ring (bicyclic) bond motifs is 9. The Hall–Kier alpha value is -3.98. The van der Waals surface area contributed by atoms with Crippen LogP contribution in [-0.4, -0.2) is 46.7 Å². The monoisotopic (exact) mass is 538 g/mol. The lowest BCUT2D eigenvalue weighted by Crippen LogP contribution is -2.15. The van der Waals surface area contributed by atoms with Gasteiger partial charge in [-0.25, -0.2) is 14.4 Å². The molecule has 0 saturated carbocycles. The predicted molar refractivity (Wildman–Crippen MR) is 140 cm³/mol. The summed E-state index contributed by atoms with van der Waals surface area (Å²) in [7, 11) is -2.57. The van der Waals surface area contributed by atoms with Gasteiger partial charge >= 0.3 is 6.61 Å². The summed E-state index contributed by atoms with van der Waals surface area (Å²) in [6.07, 6.45) is 3.03. The quantitative estimate of drug-likeness (QED) is 0.227. The number of aliphatic imine (C=N–C) groups is 2. The normalized spacial score (nSPS) is 18.5. The second-order valence-electron chi connectivity index (χ2n) is 9.51. The minimum atomic E-state index is -3.03. The van der Waals surface area contributed by atoms with E-state index < -0.39 is 31.7 Å². The van der Waals surface area contributed by atoms with Crippen LogP contribution in [0.2, 0.25) is 0 Å². The summed E-state index contributed by atoms with van der Waals surface area (Å²) in [6, 6.07) is 10.2. The van der Waals surface area contributed by atoms with Crippen LogP contribution in [-0.2, 0) is 4.57 Å². The second-order valence-corrected chi connectivity index (χ2v) is 12.7. The Kier molecular flexibility index (Phi) is 5.64. The predicted octanol–water partition coefficient (Wildman–Crippen LogP) is 4.87. The summed E-state index contributed by atoms with van der Waals surface area (Å²) in [6.45, 7) is 0.208. The molecule has 0 aliphatic carbocycles. The summed E-state index contributed by atoms with van der Waals surface area (Å²) in [4.78, 5) is 17.9. The van der Waals surface area contributed by atoms with Crippen LogP contribution in [0.25, 0.3) is 22.2 Å². The van der Waals surface area contributed by atoms with Crippen molar-refractivity contribution in [1.29, 1.82) is 0 Å². The molecule has 2 aromatic carbocycles. The average Bonchev–Trinajstić information content (AvgIpc) is 3.33. The molecular formula is C26H22F3N6O2P. The number of imidazole rings is 1. The fourth-order valence-electron chi connectivity index (χ4n) is 5.23. The number of pyridine rings is 1. The highest BCUT2D eigenvalue weighted by Crippen LogP contribution is 2.49. The number of alkyl halides is 2. The van der Waals surface area contributed by atoms with E-state index in [2.05, 4.69) is 15.0 Å². The molecule has 194 valence electrons. The van der Waals surface area contributed by atoms with Gasteiger partial charge in [-0.05, 0) is 31.5 Å². The van der Waals surface area contributed by atoms with Crippen molar-refractivity contribution in [3.05, 3.63) is 71.4 Å². The third kappa shape index (κ3) is 3.89. The molecule has 0 radical (unpaired) electrons. The topological polar surface area (TPSA) is 108 Å². The van der Waals surface area contributed by atoms with Gasteiger partial charge in [0.2, 0.25) is 0 Å². The van der Waals surface area contributed by atoms with Gasteiger partial charge in [0.15, 0.2) is 5.84 Å². The maximum absolute atomic E-state index is 15.3. The molecule has 2 aliphatic rings. The maximum atomic E-state index is 15.3. The Morgan fingerprint density at radius 1 is 1.21 bits per heavy atom. The molecule has 0 spiro atoms. The molecule has 2 unspecified atom stereocenters. The van der Waals surface area contributed by atoms with E-state index in [4.69, 9.17) is 15.5 Å². The molecule has 0 fully saturated rings. The van der Waals surface area contributed by atoms with Crippen molar-refractivity contribution in [2.45, 2.75) is 25.1 Å². The fourth-order valence-corrected chi connectivity index (χ4v) is 6.00. The molecule has 2 aliphatic heterocycles. The van der Waals surface area contributed by atoms with Crippen LogP contribution >= 0.6 is 7.14 Å². The molecule has 4 aromatic rings. The van der Waals surface area contributed by atoms with Gasteiger partial charge in [0.05, 0.1) is 28.8 Å². The lowest BCUT2D eigenvalue weighted by Gasteiger charge is -2.21. The molecule has 8 nitrogen and oxygen atoms in total. The fraction of sp³-hybridized carbons (Fsp3) is 0.231. The SMILES string of the molecule is CP(C)(=O)c1ccc(-c2cc3c(cc2F)nc2n3C3CC2N=C(N=CN)c2cccc(OC(F)F)c23)cn1. The van der Waals surface area contributed by atoms with E-state index in [1.807, 2.05) is 4.57 Å². The first-order chi connectivity index (χ1) is 18.2. The first-order valence-electron chi connectivity index (χ1n) is 11.8. The number of nitrogens with zero attached hydrogens (tertiary/aromatic N) is 5. The molecule has 0 amide bonds. The van der Waals surface area contributed by atoms with E-state index in [1.54, 1.807) is 43.7 Å². The summed E-state index contributed by atoms with van der Waals surface area (Å²) >= 11 is 0. The molecule has 6 rings (SSSR count). The number of nitrogens with two attached hydrogens (primary N) is 1. The highest BCUT2D eigenvalue weighted by atomic mass is 31.2. The minimum Gasteiger partial charge on any atom is -0.434 e. The standard InChI is InChI=1S/C26H22F3N6O2P/c1-38(2,36)22-7-6-13(11-31-22)15-8-19-17(9-16(15)27)34-25-18-10-20(35(19)25)23-14(24(33-18)32-12-30)4-3-5-21(23)37-26(28)29/h3-9,11-12,18,20,26H,10H2,1-2H3,(H2,30,32,33). The van der Waals surface area contributed by atoms with E-state index in [1.165, 1.54) is 18.3 Å². The Bertz CT molecular complexity index is 1690. The van der Waals surface area contributed by atoms with E-state index in [-0.39, 0.29) is 17.1 Å². The van der Waals surface area contributed by atoms with E-state index >= 15 is 4.39 Å². The van der Waals surface area contributed by atoms with Gasteiger partial charge in [-0.3, -0.25) is 9.98 Å². The number of benzene rings is 2. The van der Waals surface area contributed by atoms with Gasteiger partial charge in [-0.1, -0.05) is 18.2 Å². The average molecular weight is 538 g/mol. The lowest BCUT2D eigenvalue weighted by molar-refractivity contribution is -0.0506. The van der Waals surface area contributed by atoms with Gasteiger partial charge < -0.3 is 19.6 Å². The molecule has 4 heterocycles. The van der Waals surface area contributed by atoms with Crippen molar-refractivity contribution in [3.63, 3.8) is 0 Å².